The molecule has 3 aliphatic rings. The molecule has 0 atom stereocenters. The molecule has 3 aliphatic carbocycles. The van der Waals surface area contributed by atoms with Gasteiger partial charge >= 0.3 is 0 Å². The Kier molecular flexibility index (Phi) is 3.78. The van der Waals surface area contributed by atoms with Crippen LogP contribution in [0.1, 0.15) is 38.5 Å². The highest BCUT2D eigenvalue weighted by Crippen LogP contribution is 2.48. The van der Waals surface area contributed by atoms with Crippen LogP contribution in [-0.4, -0.2) is 14.0 Å². The Bertz CT molecular complexity index is 606. The van der Waals surface area contributed by atoms with E-state index < -0.39 is 15.7 Å². The van der Waals surface area contributed by atoms with Gasteiger partial charge in [0, 0.05) is 5.02 Å². The second-order valence-electron chi connectivity index (χ2n) is 5.78. The molecular weight excluding hydrogens is 319 g/mol. The molecule has 20 heavy (non-hydrogen) atoms. The minimum Gasteiger partial charge on any atom is -0.260 e. The van der Waals surface area contributed by atoms with E-state index in [2.05, 4.69) is 0 Å². The van der Waals surface area contributed by atoms with Gasteiger partial charge in [0.1, 0.15) is 4.90 Å². The van der Waals surface area contributed by atoms with Crippen LogP contribution < -0.4 is 0 Å². The standard InChI is InChI=1S/C14H16Cl2O3S/c15-11-1-2-12(16)13(9-11)20(17,18)19-14-6-3-10(4-7-14)5-8-14/h1-2,9-10H,3-8H2. The lowest BCUT2D eigenvalue weighted by molar-refractivity contribution is -0.0272. The van der Waals surface area contributed by atoms with Gasteiger partial charge in [0.15, 0.2) is 0 Å². The van der Waals surface area contributed by atoms with Crippen LogP contribution in [0.3, 0.4) is 0 Å². The molecule has 4 rings (SSSR count). The molecule has 0 radical (unpaired) electrons. The van der Waals surface area contributed by atoms with Crippen molar-refractivity contribution in [3.05, 3.63) is 28.2 Å². The lowest BCUT2D eigenvalue weighted by atomic mass is 9.68. The molecule has 0 N–H and O–H groups in total. The van der Waals surface area contributed by atoms with Gasteiger partial charge in [0.05, 0.1) is 10.6 Å². The molecule has 110 valence electrons. The summed E-state index contributed by atoms with van der Waals surface area (Å²) in [7, 11) is -3.88. The van der Waals surface area contributed by atoms with Crippen LogP contribution in [0, 0.1) is 5.92 Å². The molecule has 0 amide bonds. The van der Waals surface area contributed by atoms with E-state index >= 15 is 0 Å². The maximum atomic E-state index is 12.5. The third-order valence-corrected chi connectivity index (χ3v) is 6.60. The Morgan fingerprint density at radius 1 is 1.10 bits per heavy atom. The van der Waals surface area contributed by atoms with Crippen LogP contribution in [0.5, 0.6) is 0 Å². The van der Waals surface area contributed by atoms with Crippen LogP contribution in [0.15, 0.2) is 23.1 Å². The summed E-state index contributed by atoms with van der Waals surface area (Å²) in [5.41, 5.74) is -0.529. The number of halogens is 2. The lowest BCUT2D eigenvalue weighted by Crippen LogP contribution is -2.43. The second kappa shape index (κ2) is 5.16. The second-order valence-corrected chi connectivity index (χ2v) is 8.14. The van der Waals surface area contributed by atoms with E-state index in [1.165, 1.54) is 12.1 Å². The minimum atomic E-state index is -3.88. The van der Waals surface area contributed by atoms with Gasteiger partial charge in [-0.15, -0.1) is 0 Å². The molecule has 6 heteroatoms. The van der Waals surface area contributed by atoms with Crippen molar-refractivity contribution in [1.29, 1.82) is 0 Å². The van der Waals surface area contributed by atoms with Crippen molar-refractivity contribution >= 4 is 33.3 Å². The molecule has 1 aromatic rings. The van der Waals surface area contributed by atoms with Crippen molar-refractivity contribution in [3.8, 4) is 0 Å². The summed E-state index contributed by atoms with van der Waals surface area (Å²) in [5.74, 6) is 0.748. The molecule has 3 nitrogen and oxygen atoms in total. The molecule has 0 spiro atoms. The van der Waals surface area contributed by atoms with Crippen molar-refractivity contribution in [2.24, 2.45) is 5.92 Å². The molecule has 0 aliphatic heterocycles. The van der Waals surface area contributed by atoms with Crippen molar-refractivity contribution < 1.29 is 12.6 Å². The Hall–Kier alpha value is -0.290. The van der Waals surface area contributed by atoms with E-state index in [1.807, 2.05) is 0 Å². The molecule has 0 unspecified atom stereocenters. The molecule has 1 aromatic carbocycles. The first-order valence-corrected chi connectivity index (χ1v) is 8.97. The number of fused-ring (bicyclic) bond motifs is 3. The molecule has 2 bridgehead atoms. The zero-order chi connectivity index (χ0) is 14.4. The molecule has 0 aromatic heterocycles. The largest absolute Gasteiger partial charge is 0.299 e. The van der Waals surface area contributed by atoms with E-state index in [0.29, 0.717) is 5.02 Å². The maximum absolute atomic E-state index is 12.5. The quantitative estimate of drug-likeness (QED) is 0.768. The lowest BCUT2D eigenvalue weighted by Gasteiger charge is -2.45. The van der Waals surface area contributed by atoms with Gasteiger partial charge in [-0.2, -0.15) is 8.42 Å². The Morgan fingerprint density at radius 2 is 1.70 bits per heavy atom. The minimum absolute atomic E-state index is 0.0336. The number of rotatable bonds is 3. The predicted octanol–water partition coefficient (Wildman–Crippen LogP) is 4.42. The van der Waals surface area contributed by atoms with Gasteiger partial charge in [-0.05, 0) is 62.6 Å². The van der Waals surface area contributed by atoms with Crippen LogP contribution in [0.2, 0.25) is 10.0 Å². The first-order valence-electron chi connectivity index (χ1n) is 6.81. The molecule has 0 saturated heterocycles. The highest BCUT2D eigenvalue weighted by Gasteiger charge is 2.45. The van der Waals surface area contributed by atoms with Gasteiger partial charge in [-0.3, -0.25) is 4.18 Å². The smallest absolute Gasteiger partial charge is 0.260 e. The first kappa shape index (κ1) is 14.6. The van der Waals surface area contributed by atoms with Gasteiger partial charge in [0.25, 0.3) is 10.1 Å². The van der Waals surface area contributed by atoms with Gasteiger partial charge in [0.2, 0.25) is 0 Å². The molecular formula is C14H16Cl2O3S. The fourth-order valence-electron chi connectivity index (χ4n) is 3.28. The summed E-state index contributed by atoms with van der Waals surface area (Å²) in [6.07, 6.45) is 5.61. The summed E-state index contributed by atoms with van der Waals surface area (Å²) in [4.78, 5) is -0.0336. The van der Waals surface area contributed by atoms with Crippen LogP contribution in [0.25, 0.3) is 0 Å². The van der Waals surface area contributed by atoms with Crippen molar-refractivity contribution in [2.45, 2.75) is 49.0 Å². The van der Waals surface area contributed by atoms with Crippen LogP contribution >= 0.6 is 23.2 Å². The van der Waals surface area contributed by atoms with Crippen molar-refractivity contribution in [2.75, 3.05) is 0 Å². The first-order chi connectivity index (χ1) is 9.40. The van der Waals surface area contributed by atoms with Gasteiger partial charge in [-0.1, -0.05) is 23.2 Å². The van der Waals surface area contributed by atoms with E-state index in [0.717, 1.165) is 44.4 Å². The Morgan fingerprint density at radius 3 is 2.30 bits per heavy atom. The summed E-state index contributed by atoms with van der Waals surface area (Å²) in [6.45, 7) is 0. The maximum Gasteiger partial charge on any atom is 0.299 e. The van der Waals surface area contributed by atoms with Crippen molar-refractivity contribution in [3.63, 3.8) is 0 Å². The summed E-state index contributed by atoms with van der Waals surface area (Å²) in [5, 5.41) is 0.483. The summed E-state index contributed by atoms with van der Waals surface area (Å²) in [6, 6.07) is 4.40. The normalized spacial score (nSPS) is 29.6. The van der Waals surface area contributed by atoms with Crippen molar-refractivity contribution in [1.82, 2.24) is 0 Å². The fraction of sp³-hybridized carbons (Fsp3) is 0.571. The molecule has 3 fully saturated rings. The highest BCUT2D eigenvalue weighted by atomic mass is 35.5. The summed E-state index contributed by atoms with van der Waals surface area (Å²) < 4.78 is 30.6. The van der Waals surface area contributed by atoms with E-state index in [4.69, 9.17) is 27.4 Å². The van der Waals surface area contributed by atoms with E-state index in [9.17, 15) is 8.42 Å². The van der Waals surface area contributed by atoms with Gasteiger partial charge < -0.3 is 0 Å². The Balaban J connectivity index is 1.90. The SMILES string of the molecule is O=S(=O)(OC12CCC(CC1)CC2)c1cc(Cl)ccc1Cl. The monoisotopic (exact) mass is 334 g/mol. The van der Waals surface area contributed by atoms with E-state index in [1.54, 1.807) is 6.07 Å². The number of hydrogen-bond donors (Lipinski definition) is 0. The zero-order valence-electron chi connectivity index (χ0n) is 10.9. The average molecular weight is 335 g/mol. The topological polar surface area (TPSA) is 43.4 Å². The third-order valence-electron chi connectivity index (χ3n) is 4.47. The highest BCUT2D eigenvalue weighted by molar-refractivity contribution is 7.87. The molecule has 0 heterocycles. The zero-order valence-corrected chi connectivity index (χ0v) is 13.3. The van der Waals surface area contributed by atoms with Crippen LogP contribution in [-0.2, 0) is 14.3 Å². The average Bonchev–Trinajstić information content (AvgIpc) is 2.42. The third kappa shape index (κ3) is 2.71. The number of hydrogen-bond acceptors (Lipinski definition) is 3. The predicted molar refractivity (Wildman–Crippen MR) is 78.7 cm³/mol. The Labute approximate surface area is 129 Å². The number of benzene rings is 1. The molecule has 3 saturated carbocycles. The van der Waals surface area contributed by atoms with Gasteiger partial charge in [-0.25, -0.2) is 0 Å². The fourth-order valence-corrected chi connectivity index (χ4v) is 5.30. The summed E-state index contributed by atoms with van der Waals surface area (Å²) >= 11 is 11.8. The van der Waals surface area contributed by atoms with E-state index in [-0.39, 0.29) is 9.92 Å². The van der Waals surface area contributed by atoms with Crippen LogP contribution in [0.4, 0.5) is 0 Å².